The molecule has 1 aliphatic rings. The molecule has 0 saturated carbocycles. The third kappa shape index (κ3) is 5.15. The minimum Gasteiger partial charge on any atom is -0.384 e. The number of nitrogens with zero attached hydrogens (tertiary/aromatic N) is 1. The molecule has 1 heterocycles. The molecule has 136 valence electrons. The molecule has 1 fully saturated rings. The van der Waals surface area contributed by atoms with E-state index in [1.54, 1.807) is 0 Å². The minimum absolute atomic E-state index is 0.116. The van der Waals surface area contributed by atoms with Crippen LogP contribution in [0.15, 0.2) is 54.6 Å². The minimum atomic E-state index is 0.116. The van der Waals surface area contributed by atoms with Crippen LogP contribution in [-0.4, -0.2) is 28.8 Å². The zero-order valence-electron chi connectivity index (χ0n) is 15.2. The average molecular weight is 366 g/mol. The first-order valence-corrected chi connectivity index (χ1v) is 9.77. The van der Waals surface area contributed by atoms with Crippen molar-refractivity contribution in [2.45, 2.75) is 32.1 Å². The van der Waals surface area contributed by atoms with Crippen molar-refractivity contribution in [1.29, 1.82) is 5.41 Å². The fraction of sp³-hybridized carbons (Fsp3) is 0.364. The largest absolute Gasteiger partial charge is 0.384 e. The first-order chi connectivity index (χ1) is 12.6. The van der Waals surface area contributed by atoms with Crippen molar-refractivity contribution in [3.05, 3.63) is 71.3 Å². The summed E-state index contributed by atoms with van der Waals surface area (Å²) in [4.78, 5) is 3.47. The summed E-state index contributed by atoms with van der Waals surface area (Å²) in [5, 5.41) is 7.45. The number of piperidine rings is 1. The van der Waals surface area contributed by atoms with E-state index < -0.39 is 0 Å². The molecule has 0 amide bonds. The Morgan fingerprint density at radius 2 is 1.65 bits per heavy atom. The van der Waals surface area contributed by atoms with E-state index in [0.717, 1.165) is 42.4 Å². The number of benzene rings is 2. The van der Waals surface area contributed by atoms with Gasteiger partial charge >= 0.3 is 0 Å². The van der Waals surface area contributed by atoms with Gasteiger partial charge in [-0.25, -0.2) is 0 Å². The molecule has 3 rings (SSSR count). The van der Waals surface area contributed by atoms with E-state index in [4.69, 9.17) is 23.4 Å². The van der Waals surface area contributed by atoms with Crippen LogP contribution in [0.3, 0.4) is 0 Å². The summed E-state index contributed by atoms with van der Waals surface area (Å²) in [6, 6.07) is 18.7. The van der Waals surface area contributed by atoms with E-state index in [-0.39, 0.29) is 5.84 Å². The highest BCUT2D eigenvalue weighted by Gasteiger charge is 2.20. The van der Waals surface area contributed by atoms with Crippen molar-refractivity contribution in [1.82, 2.24) is 4.90 Å². The number of aryl methyl sites for hydroxylation is 1. The molecule has 1 aliphatic heterocycles. The van der Waals surface area contributed by atoms with Crippen LogP contribution in [0.25, 0.3) is 0 Å². The van der Waals surface area contributed by atoms with Crippen LogP contribution in [0.1, 0.15) is 36.0 Å². The average Bonchev–Trinajstić information content (AvgIpc) is 2.68. The van der Waals surface area contributed by atoms with E-state index in [2.05, 4.69) is 35.2 Å². The fourth-order valence-corrected chi connectivity index (χ4v) is 3.88. The van der Waals surface area contributed by atoms with Crippen molar-refractivity contribution in [3.8, 4) is 0 Å². The number of likely N-dealkylation sites (tertiary alicyclic amines) is 1. The molecule has 0 aromatic heterocycles. The van der Waals surface area contributed by atoms with Crippen LogP contribution in [0.4, 0.5) is 0 Å². The predicted octanol–water partition coefficient (Wildman–Crippen LogP) is 4.19. The van der Waals surface area contributed by atoms with Crippen molar-refractivity contribution in [3.63, 3.8) is 0 Å². The molecule has 0 radical (unpaired) electrons. The lowest BCUT2D eigenvalue weighted by atomic mass is 9.90. The van der Waals surface area contributed by atoms with Crippen molar-refractivity contribution >= 4 is 23.0 Å². The summed E-state index contributed by atoms with van der Waals surface area (Å²) in [5.41, 5.74) is 8.97. The van der Waals surface area contributed by atoms with Crippen LogP contribution in [0.2, 0.25) is 0 Å². The predicted molar refractivity (Wildman–Crippen MR) is 113 cm³/mol. The Hall–Kier alpha value is -2.20. The first-order valence-electron chi connectivity index (χ1n) is 9.37. The lowest BCUT2D eigenvalue weighted by Gasteiger charge is -2.34. The molecule has 0 spiro atoms. The zero-order chi connectivity index (χ0) is 18.4. The highest BCUT2D eigenvalue weighted by Crippen LogP contribution is 2.22. The molecule has 0 atom stereocenters. The summed E-state index contributed by atoms with van der Waals surface area (Å²) in [6.45, 7) is 2.17. The highest BCUT2D eigenvalue weighted by molar-refractivity contribution is 7.80. The maximum Gasteiger partial charge on any atom is 0.122 e. The third-order valence-electron chi connectivity index (χ3n) is 5.23. The SMILES string of the molecule is N=C(N)c1ccc(CCC(=S)N2CCC(Cc3ccccc3)CC2)cc1. The fourth-order valence-electron chi connectivity index (χ4n) is 3.59. The summed E-state index contributed by atoms with van der Waals surface area (Å²) in [6.07, 6.45) is 5.49. The number of nitrogens with one attached hydrogen (secondary N) is 1. The summed E-state index contributed by atoms with van der Waals surface area (Å²) < 4.78 is 0. The Balaban J connectivity index is 1.42. The number of nitrogen functional groups attached to an aromatic ring is 1. The molecule has 0 unspecified atom stereocenters. The van der Waals surface area contributed by atoms with Gasteiger partial charge in [0.15, 0.2) is 0 Å². The van der Waals surface area contributed by atoms with Crippen LogP contribution < -0.4 is 5.73 Å². The lowest BCUT2D eigenvalue weighted by Crippen LogP contribution is -2.38. The maximum atomic E-state index is 7.45. The van der Waals surface area contributed by atoms with Gasteiger partial charge in [0.2, 0.25) is 0 Å². The van der Waals surface area contributed by atoms with Gasteiger partial charge in [0.05, 0.1) is 4.99 Å². The van der Waals surface area contributed by atoms with Crippen molar-refractivity contribution in [2.24, 2.45) is 11.7 Å². The van der Waals surface area contributed by atoms with Gasteiger partial charge in [-0.1, -0.05) is 66.8 Å². The number of rotatable bonds is 6. The molecule has 1 saturated heterocycles. The summed E-state index contributed by atoms with van der Waals surface area (Å²) >= 11 is 5.68. The van der Waals surface area contributed by atoms with E-state index in [9.17, 15) is 0 Å². The molecule has 3 nitrogen and oxygen atoms in total. The summed E-state index contributed by atoms with van der Waals surface area (Å²) in [5.74, 6) is 0.890. The molecule has 0 bridgehead atoms. The smallest absolute Gasteiger partial charge is 0.122 e. The number of hydrogen-bond donors (Lipinski definition) is 2. The second-order valence-electron chi connectivity index (χ2n) is 7.12. The van der Waals surface area contributed by atoms with Gasteiger partial charge in [0.25, 0.3) is 0 Å². The van der Waals surface area contributed by atoms with Gasteiger partial charge in [-0.3, -0.25) is 5.41 Å². The van der Waals surface area contributed by atoms with Gasteiger partial charge in [-0.2, -0.15) is 0 Å². The number of thiocarbonyl (C=S) groups is 1. The molecular formula is C22H27N3S. The summed E-state index contributed by atoms with van der Waals surface area (Å²) in [7, 11) is 0. The number of hydrogen-bond acceptors (Lipinski definition) is 2. The molecule has 2 aromatic carbocycles. The Kier molecular flexibility index (Phi) is 6.40. The topological polar surface area (TPSA) is 53.1 Å². The standard InChI is InChI=1S/C22H27N3S/c23-22(24)20-9-6-17(7-10-20)8-11-21(26)25-14-12-19(13-15-25)16-18-4-2-1-3-5-18/h1-7,9-10,19H,8,11-16H2,(H3,23,24). The van der Waals surface area contributed by atoms with Crippen LogP contribution in [-0.2, 0) is 12.8 Å². The second-order valence-corrected chi connectivity index (χ2v) is 7.60. The monoisotopic (exact) mass is 365 g/mol. The first kappa shape index (κ1) is 18.6. The van der Waals surface area contributed by atoms with Gasteiger partial charge in [0, 0.05) is 25.1 Å². The molecule has 2 aromatic rings. The lowest BCUT2D eigenvalue weighted by molar-refractivity contribution is 0.265. The molecule has 26 heavy (non-hydrogen) atoms. The Labute approximate surface area is 161 Å². The second kappa shape index (κ2) is 8.95. The molecule has 0 aliphatic carbocycles. The quantitative estimate of drug-likeness (QED) is 0.459. The number of amidine groups is 1. The zero-order valence-corrected chi connectivity index (χ0v) is 16.0. The Morgan fingerprint density at radius 1 is 1.00 bits per heavy atom. The normalized spacial score (nSPS) is 15.0. The number of nitrogens with two attached hydrogens (primary N) is 1. The van der Waals surface area contributed by atoms with Crippen molar-refractivity contribution < 1.29 is 0 Å². The maximum absolute atomic E-state index is 7.45. The molecular weight excluding hydrogens is 338 g/mol. The van der Waals surface area contributed by atoms with Gasteiger partial charge in [0.1, 0.15) is 5.84 Å². The van der Waals surface area contributed by atoms with Gasteiger partial charge in [-0.05, 0) is 42.7 Å². The van der Waals surface area contributed by atoms with Crippen LogP contribution in [0.5, 0.6) is 0 Å². The van der Waals surface area contributed by atoms with Gasteiger partial charge < -0.3 is 10.6 Å². The molecule has 3 N–H and O–H groups in total. The van der Waals surface area contributed by atoms with E-state index in [1.165, 1.54) is 30.4 Å². The van der Waals surface area contributed by atoms with Crippen molar-refractivity contribution in [2.75, 3.05) is 13.1 Å². The highest BCUT2D eigenvalue weighted by atomic mass is 32.1. The van der Waals surface area contributed by atoms with E-state index >= 15 is 0 Å². The van der Waals surface area contributed by atoms with Crippen LogP contribution >= 0.6 is 12.2 Å². The third-order valence-corrected chi connectivity index (χ3v) is 5.69. The van der Waals surface area contributed by atoms with E-state index in [0.29, 0.717) is 0 Å². The molecule has 4 heteroatoms. The van der Waals surface area contributed by atoms with E-state index in [1.807, 2.05) is 24.3 Å². The van der Waals surface area contributed by atoms with Crippen LogP contribution in [0, 0.1) is 11.3 Å². The van der Waals surface area contributed by atoms with Gasteiger partial charge in [-0.15, -0.1) is 0 Å². The Bertz CT molecular complexity index is 732. The Morgan fingerprint density at radius 3 is 2.27 bits per heavy atom.